The minimum Gasteiger partial charge on any atom is -0.495 e. The van der Waals surface area contributed by atoms with Gasteiger partial charge in [-0.1, -0.05) is 18.2 Å². The molecule has 0 unspecified atom stereocenters. The van der Waals surface area contributed by atoms with E-state index in [2.05, 4.69) is 31.2 Å². The van der Waals surface area contributed by atoms with Crippen LogP contribution in [0.5, 0.6) is 5.75 Å². The first-order chi connectivity index (χ1) is 15.7. The Balaban J connectivity index is 1.43. The molecule has 0 N–H and O–H groups in total. The number of para-hydroxylation sites is 2. The highest BCUT2D eigenvalue weighted by atomic mass is 32.1. The zero-order valence-corrected chi connectivity index (χ0v) is 19.3. The summed E-state index contributed by atoms with van der Waals surface area (Å²) >= 11 is 7.55. The number of thiophene rings is 1. The van der Waals surface area contributed by atoms with Gasteiger partial charge in [-0.3, -0.25) is 9.47 Å². The van der Waals surface area contributed by atoms with Gasteiger partial charge in [0.25, 0.3) is 0 Å². The van der Waals surface area contributed by atoms with Crippen LogP contribution in [0, 0.1) is 4.77 Å². The van der Waals surface area contributed by atoms with Gasteiger partial charge in [-0.05, 0) is 41.9 Å². The first-order valence-corrected chi connectivity index (χ1v) is 11.6. The van der Waals surface area contributed by atoms with Crippen molar-refractivity contribution in [3.05, 3.63) is 65.0 Å². The predicted octanol–water partition coefficient (Wildman–Crippen LogP) is 3.71. The lowest BCUT2D eigenvalue weighted by molar-refractivity contribution is 0.193. The van der Waals surface area contributed by atoms with Crippen LogP contribution in [-0.2, 0) is 6.67 Å². The van der Waals surface area contributed by atoms with E-state index < -0.39 is 0 Å². The van der Waals surface area contributed by atoms with Crippen LogP contribution in [0.25, 0.3) is 16.4 Å². The normalized spacial score (nSPS) is 14.6. The van der Waals surface area contributed by atoms with Crippen molar-refractivity contribution in [2.45, 2.75) is 6.67 Å². The molecule has 0 spiro atoms. The van der Waals surface area contributed by atoms with Crippen LogP contribution in [0.4, 0.5) is 5.95 Å². The van der Waals surface area contributed by atoms with E-state index in [4.69, 9.17) is 22.1 Å². The molecule has 0 bridgehead atoms. The third kappa shape index (κ3) is 4.04. The van der Waals surface area contributed by atoms with Crippen LogP contribution in [0.2, 0.25) is 0 Å². The van der Waals surface area contributed by atoms with E-state index in [1.807, 2.05) is 45.6 Å². The summed E-state index contributed by atoms with van der Waals surface area (Å²) < 4.78 is 10.2. The van der Waals surface area contributed by atoms with E-state index in [1.54, 1.807) is 30.8 Å². The van der Waals surface area contributed by atoms with Crippen molar-refractivity contribution in [2.75, 3.05) is 38.2 Å². The lowest BCUT2D eigenvalue weighted by Crippen LogP contribution is -2.47. The van der Waals surface area contributed by atoms with Gasteiger partial charge in [-0.15, -0.1) is 16.4 Å². The SMILES string of the molecule is COc1ccccc1-n1c(-c2cccs2)nn(CN2CCN(c3ncccn3)CC2)c1=S. The van der Waals surface area contributed by atoms with E-state index in [-0.39, 0.29) is 0 Å². The molecule has 164 valence electrons. The largest absolute Gasteiger partial charge is 0.495 e. The number of rotatable bonds is 6. The number of nitrogens with zero attached hydrogens (tertiary/aromatic N) is 7. The second-order valence-corrected chi connectivity index (χ2v) is 8.70. The van der Waals surface area contributed by atoms with Gasteiger partial charge < -0.3 is 9.64 Å². The molecule has 1 fully saturated rings. The molecule has 0 aliphatic carbocycles. The Kier molecular flexibility index (Phi) is 5.97. The van der Waals surface area contributed by atoms with Crippen LogP contribution >= 0.6 is 23.6 Å². The predicted molar refractivity (Wildman–Crippen MR) is 128 cm³/mol. The van der Waals surface area contributed by atoms with Gasteiger partial charge in [0.1, 0.15) is 5.75 Å². The van der Waals surface area contributed by atoms with Crippen LogP contribution in [0.3, 0.4) is 0 Å². The number of aromatic nitrogens is 5. The number of methoxy groups -OCH3 is 1. The standard InChI is InChI=1S/C22H23N7OS2/c1-30-18-7-3-2-6-17(18)29-20(19-8-4-15-32-19)25-28(22(29)31)16-26-11-13-27(14-12-26)21-23-9-5-10-24-21/h2-10,15H,11-14,16H2,1H3. The fraction of sp³-hybridized carbons (Fsp3) is 0.273. The zero-order valence-electron chi connectivity index (χ0n) is 17.7. The number of anilines is 1. The minimum atomic E-state index is 0.628. The van der Waals surface area contributed by atoms with Gasteiger partial charge in [-0.2, -0.15) is 0 Å². The van der Waals surface area contributed by atoms with Crippen molar-refractivity contribution in [1.82, 2.24) is 29.2 Å². The molecule has 0 atom stereocenters. The van der Waals surface area contributed by atoms with Crippen molar-refractivity contribution in [1.29, 1.82) is 0 Å². The van der Waals surface area contributed by atoms with Crippen molar-refractivity contribution in [3.8, 4) is 22.1 Å². The highest BCUT2D eigenvalue weighted by molar-refractivity contribution is 7.71. The van der Waals surface area contributed by atoms with Crippen molar-refractivity contribution < 1.29 is 4.74 Å². The number of hydrogen-bond donors (Lipinski definition) is 0. The molecular weight excluding hydrogens is 442 g/mol. The molecule has 10 heteroatoms. The highest BCUT2D eigenvalue weighted by Crippen LogP contribution is 2.30. The second kappa shape index (κ2) is 9.19. The van der Waals surface area contributed by atoms with Gasteiger partial charge in [0.05, 0.1) is 24.3 Å². The minimum absolute atomic E-state index is 0.628. The van der Waals surface area contributed by atoms with E-state index >= 15 is 0 Å². The fourth-order valence-corrected chi connectivity index (χ4v) is 4.81. The maximum atomic E-state index is 5.90. The van der Waals surface area contributed by atoms with E-state index in [9.17, 15) is 0 Å². The van der Waals surface area contributed by atoms with E-state index in [0.29, 0.717) is 11.4 Å². The molecule has 8 nitrogen and oxygen atoms in total. The molecule has 4 aromatic rings. The molecule has 1 aliphatic heterocycles. The first kappa shape index (κ1) is 20.8. The third-order valence-electron chi connectivity index (χ3n) is 5.45. The Bertz CT molecular complexity index is 1230. The van der Waals surface area contributed by atoms with Gasteiger partial charge >= 0.3 is 0 Å². The smallest absolute Gasteiger partial charge is 0.225 e. The summed E-state index contributed by atoms with van der Waals surface area (Å²) in [6.07, 6.45) is 3.56. The maximum absolute atomic E-state index is 5.90. The second-order valence-electron chi connectivity index (χ2n) is 7.39. The average molecular weight is 466 g/mol. The van der Waals surface area contributed by atoms with E-state index in [0.717, 1.165) is 54.3 Å². The van der Waals surface area contributed by atoms with Crippen molar-refractivity contribution in [3.63, 3.8) is 0 Å². The van der Waals surface area contributed by atoms with Crippen molar-refractivity contribution in [2.24, 2.45) is 0 Å². The quantitative estimate of drug-likeness (QED) is 0.402. The Morgan fingerprint density at radius 1 is 1.00 bits per heavy atom. The van der Waals surface area contributed by atoms with Gasteiger partial charge in [0, 0.05) is 38.6 Å². The highest BCUT2D eigenvalue weighted by Gasteiger charge is 2.22. The van der Waals surface area contributed by atoms with Crippen LogP contribution in [-0.4, -0.2) is 62.5 Å². The van der Waals surface area contributed by atoms with Crippen molar-refractivity contribution >= 4 is 29.5 Å². The summed E-state index contributed by atoms with van der Waals surface area (Å²) in [5.41, 5.74) is 0.890. The monoisotopic (exact) mass is 465 g/mol. The summed E-state index contributed by atoms with van der Waals surface area (Å²) in [6, 6.07) is 13.8. The van der Waals surface area contributed by atoms with Crippen LogP contribution in [0.15, 0.2) is 60.2 Å². The van der Waals surface area contributed by atoms with E-state index in [1.165, 1.54) is 0 Å². The number of piperazine rings is 1. The fourth-order valence-electron chi connectivity index (χ4n) is 3.83. The Morgan fingerprint density at radius 2 is 1.78 bits per heavy atom. The lowest BCUT2D eigenvalue weighted by atomic mass is 10.3. The summed E-state index contributed by atoms with van der Waals surface area (Å²) in [6.45, 7) is 4.12. The summed E-state index contributed by atoms with van der Waals surface area (Å²) in [7, 11) is 1.67. The number of hydrogen-bond acceptors (Lipinski definition) is 8. The molecule has 5 rings (SSSR count). The zero-order chi connectivity index (χ0) is 21.9. The molecular formula is C22H23N7OS2. The molecule has 0 amide bonds. The molecule has 1 saturated heterocycles. The average Bonchev–Trinajstić information content (AvgIpc) is 3.49. The molecule has 0 radical (unpaired) electrons. The molecule has 1 aromatic carbocycles. The Hall–Kier alpha value is -3.08. The molecule has 1 aliphatic rings. The number of benzene rings is 1. The summed E-state index contributed by atoms with van der Waals surface area (Å²) in [4.78, 5) is 14.4. The molecule has 32 heavy (non-hydrogen) atoms. The Morgan fingerprint density at radius 3 is 2.50 bits per heavy atom. The molecule has 4 heterocycles. The topological polar surface area (TPSA) is 64.2 Å². The third-order valence-corrected chi connectivity index (χ3v) is 6.71. The molecule has 0 saturated carbocycles. The summed E-state index contributed by atoms with van der Waals surface area (Å²) in [5.74, 6) is 2.37. The lowest BCUT2D eigenvalue weighted by Gasteiger charge is -2.34. The first-order valence-electron chi connectivity index (χ1n) is 10.4. The van der Waals surface area contributed by atoms with Gasteiger partial charge in [0.2, 0.25) is 10.7 Å². The molecule has 3 aromatic heterocycles. The van der Waals surface area contributed by atoms with Gasteiger partial charge in [0.15, 0.2) is 5.82 Å². The Labute approximate surface area is 195 Å². The van der Waals surface area contributed by atoms with Crippen LogP contribution in [0.1, 0.15) is 0 Å². The number of ether oxygens (including phenoxy) is 1. The van der Waals surface area contributed by atoms with Gasteiger partial charge in [-0.25, -0.2) is 14.6 Å². The maximum Gasteiger partial charge on any atom is 0.225 e. The summed E-state index contributed by atoms with van der Waals surface area (Å²) in [5, 5.41) is 6.98. The van der Waals surface area contributed by atoms with Crippen LogP contribution < -0.4 is 9.64 Å².